The molecule has 1 atom stereocenters. The van der Waals surface area contributed by atoms with Gasteiger partial charge >= 0.3 is 0 Å². The smallest absolute Gasteiger partial charge is 0.191 e. The zero-order chi connectivity index (χ0) is 22.3. The summed E-state index contributed by atoms with van der Waals surface area (Å²) in [6.07, 6.45) is 0. The van der Waals surface area contributed by atoms with Crippen molar-refractivity contribution in [2.75, 3.05) is 39.4 Å². The number of halogens is 1. The molecule has 1 unspecified atom stereocenters. The lowest BCUT2D eigenvalue weighted by atomic mass is 10.0. The molecule has 3 aromatic rings. The maximum absolute atomic E-state index is 13.5. The number of fused-ring (bicyclic) bond motifs is 1. The molecule has 0 spiro atoms. The number of aromatic nitrogens is 2. The van der Waals surface area contributed by atoms with Gasteiger partial charge in [-0.2, -0.15) is 0 Å². The normalized spacial score (nSPS) is 16.3. The SMILES string of the molecule is CCNC(=NCc1nc2ccccc2n1C)NCC(c1ccc(F)cc1)N1CCOCC1. The van der Waals surface area contributed by atoms with Crippen LogP contribution in [-0.2, 0) is 18.3 Å². The monoisotopic (exact) mass is 438 g/mol. The van der Waals surface area contributed by atoms with Crippen LogP contribution < -0.4 is 10.6 Å². The summed E-state index contributed by atoms with van der Waals surface area (Å²) in [6, 6.07) is 15.0. The number of ether oxygens (including phenoxy) is 1. The standard InChI is InChI=1S/C24H31FN6O/c1-3-26-24(28-17-23-29-20-6-4-5-7-21(20)30(23)2)27-16-22(31-12-14-32-15-13-31)18-8-10-19(25)11-9-18/h4-11,22H,3,12-17H2,1-2H3,(H2,26,27,28). The highest BCUT2D eigenvalue weighted by Gasteiger charge is 2.23. The van der Waals surface area contributed by atoms with Crippen molar-refractivity contribution >= 4 is 17.0 Å². The summed E-state index contributed by atoms with van der Waals surface area (Å²) in [5.74, 6) is 1.42. The van der Waals surface area contributed by atoms with E-state index < -0.39 is 0 Å². The highest BCUT2D eigenvalue weighted by atomic mass is 19.1. The Morgan fingerprint density at radius 3 is 2.59 bits per heavy atom. The molecular weight excluding hydrogens is 407 g/mol. The van der Waals surface area contributed by atoms with Gasteiger partial charge in [-0.3, -0.25) is 4.90 Å². The van der Waals surface area contributed by atoms with E-state index in [4.69, 9.17) is 14.7 Å². The molecule has 2 heterocycles. The van der Waals surface area contributed by atoms with Crippen LogP contribution in [0.25, 0.3) is 11.0 Å². The lowest BCUT2D eigenvalue weighted by Gasteiger charge is -2.35. The van der Waals surface area contributed by atoms with Crippen LogP contribution in [0.15, 0.2) is 53.5 Å². The van der Waals surface area contributed by atoms with Crippen LogP contribution in [0, 0.1) is 5.82 Å². The van der Waals surface area contributed by atoms with Crippen molar-refractivity contribution in [3.63, 3.8) is 0 Å². The minimum absolute atomic E-state index is 0.0964. The molecule has 1 saturated heterocycles. The predicted octanol–water partition coefficient (Wildman–Crippen LogP) is 2.84. The largest absolute Gasteiger partial charge is 0.379 e. The maximum atomic E-state index is 13.5. The van der Waals surface area contributed by atoms with Gasteiger partial charge in [-0.15, -0.1) is 0 Å². The molecule has 0 radical (unpaired) electrons. The van der Waals surface area contributed by atoms with E-state index in [9.17, 15) is 4.39 Å². The average Bonchev–Trinajstić information content (AvgIpc) is 3.15. The van der Waals surface area contributed by atoms with Gasteiger partial charge in [0.05, 0.1) is 30.3 Å². The molecule has 32 heavy (non-hydrogen) atoms. The second-order valence-electron chi connectivity index (χ2n) is 7.87. The Bertz CT molecular complexity index is 1040. The number of hydrogen-bond donors (Lipinski definition) is 2. The number of rotatable bonds is 7. The van der Waals surface area contributed by atoms with Crippen LogP contribution in [0.2, 0.25) is 0 Å². The van der Waals surface area contributed by atoms with Gasteiger partial charge in [-0.1, -0.05) is 24.3 Å². The van der Waals surface area contributed by atoms with Crippen molar-refractivity contribution in [3.05, 3.63) is 65.7 Å². The molecule has 2 aromatic carbocycles. The highest BCUT2D eigenvalue weighted by Crippen LogP contribution is 2.22. The lowest BCUT2D eigenvalue weighted by Crippen LogP contribution is -2.46. The summed E-state index contributed by atoms with van der Waals surface area (Å²) >= 11 is 0. The van der Waals surface area contributed by atoms with Gasteiger partial charge < -0.3 is 19.9 Å². The Kier molecular flexibility index (Phi) is 7.34. The number of nitrogens with zero attached hydrogens (tertiary/aromatic N) is 4. The molecule has 0 amide bonds. The first kappa shape index (κ1) is 22.2. The third-order valence-corrected chi connectivity index (χ3v) is 5.81. The third-order valence-electron chi connectivity index (χ3n) is 5.81. The van der Waals surface area contributed by atoms with Gasteiger partial charge in [0, 0.05) is 33.2 Å². The summed E-state index contributed by atoms with van der Waals surface area (Å²) in [5, 5.41) is 6.80. The fourth-order valence-electron chi connectivity index (χ4n) is 4.05. The first-order valence-electron chi connectivity index (χ1n) is 11.2. The van der Waals surface area contributed by atoms with Crippen molar-refractivity contribution in [2.45, 2.75) is 19.5 Å². The van der Waals surface area contributed by atoms with Crippen LogP contribution >= 0.6 is 0 Å². The van der Waals surface area contributed by atoms with Crippen molar-refractivity contribution in [1.29, 1.82) is 0 Å². The molecular formula is C24H31FN6O. The Morgan fingerprint density at radius 2 is 1.88 bits per heavy atom. The van der Waals surface area contributed by atoms with Gasteiger partial charge in [0.25, 0.3) is 0 Å². The number of benzene rings is 2. The van der Waals surface area contributed by atoms with Crippen LogP contribution in [0.3, 0.4) is 0 Å². The fourth-order valence-corrected chi connectivity index (χ4v) is 4.05. The van der Waals surface area contributed by atoms with E-state index in [1.165, 1.54) is 12.1 Å². The minimum Gasteiger partial charge on any atom is -0.379 e. The summed E-state index contributed by atoms with van der Waals surface area (Å²) in [6.45, 7) is 7.03. The molecule has 1 aliphatic heterocycles. The van der Waals surface area contributed by atoms with Crippen molar-refractivity contribution in [1.82, 2.24) is 25.1 Å². The zero-order valence-electron chi connectivity index (χ0n) is 18.7. The fraction of sp³-hybridized carbons (Fsp3) is 0.417. The van der Waals surface area contributed by atoms with Crippen LogP contribution in [0.1, 0.15) is 24.4 Å². The van der Waals surface area contributed by atoms with Gasteiger partial charge in [0.2, 0.25) is 0 Å². The lowest BCUT2D eigenvalue weighted by molar-refractivity contribution is 0.0170. The predicted molar refractivity (Wildman–Crippen MR) is 125 cm³/mol. The third kappa shape index (κ3) is 5.26. The van der Waals surface area contributed by atoms with Crippen LogP contribution in [0.4, 0.5) is 4.39 Å². The van der Waals surface area contributed by atoms with Crippen molar-refractivity contribution in [2.24, 2.45) is 12.0 Å². The Hall–Kier alpha value is -2.97. The summed E-state index contributed by atoms with van der Waals surface area (Å²) in [7, 11) is 2.02. The first-order valence-corrected chi connectivity index (χ1v) is 11.2. The van der Waals surface area contributed by atoms with E-state index in [-0.39, 0.29) is 11.9 Å². The Labute approximate surface area is 188 Å². The van der Waals surface area contributed by atoms with Crippen molar-refractivity contribution in [3.8, 4) is 0 Å². The molecule has 7 nitrogen and oxygen atoms in total. The van der Waals surface area contributed by atoms with Crippen molar-refractivity contribution < 1.29 is 9.13 Å². The molecule has 0 bridgehead atoms. The van der Waals surface area contributed by atoms with E-state index in [0.29, 0.717) is 26.3 Å². The number of para-hydroxylation sites is 2. The number of guanidine groups is 1. The molecule has 170 valence electrons. The second-order valence-corrected chi connectivity index (χ2v) is 7.87. The number of aliphatic imine (C=N–C) groups is 1. The molecule has 1 aromatic heterocycles. The van der Waals surface area contributed by atoms with Crippen LogP contribution in [0.5, 0.6) is 0 Å². The quantitative estimate of drug-likeness (QED) is 0.439. The van der Waals surface area contributed by atoms with Gasteiger partial charge in [0.1, 0.15) is 18.2 Å². The van der Waals surface area contributed by atoms with Gasteiger partial charge in [-0.05, 0) is 36.8 Å². The molecule has 1 aliphatic rings. The first-order chi connectivity index (χ1) is 15.7. The van der Waals surface area contributed by atoms with E-state index in [2.05, 4.69) is 26.2 Å². The molecule has 0 saturated carbocycles. The topological polar surface area (TPSA) is 66.7 Å². The summed E-state index contributed by atoms with van der Waals surface area (Å²) < 4.78 is 21.1. The van der Waals surface area contributed by atoms with Gasteiger partial charge in [0.15, 0.2) is 5.96 Å². The van der Waals surface area contributed by atoms with E-state index in [0.717, 1.165) is 48.0 Å². The number of morpholine rings is 1. The van der Waals surface area contributed by atoms with Crippen LogP contribution in [-0.4, -0.2) is 59.8 Å². The maximum Gasteiger partial charge on any atom is 0.191 e. The Morgan fingerprint density at radius 1 is 1.12 bits per heavy atom. The average molecular weight is 439 g/mol. The highest BCUT2D eigenvalue weighted by molar-refractivity contribution is 5.80. The molecule has 2 N–H and O–H groups in total. The zero-order valence-corrected chi connectivity index (χ0v) is 18.7. The minimum atomic E-state index is -0.222. The van der Waals surface area contributed by atoms with E-state index in [1.54, 1.807) is 0 Å². The molecule has 1 fully saturated rings. The molecule has 4 rings (SSSR count). The second kappa shape index (κ2) is 10.6. The number of imidazole rings is 1. The molecule has 8 heteroatoms. The summed E-state index contributed by atoms with van der Waals surface area (Å²) in [4.78, 5) is 11.9. The summed E-state index contributed by atoms with van der Waals surface area (Å²) in [5.41, 5.74) is 3.15. The van der Waals surface area contributed by atoms with Gasteiger partial charge in [-0.25, -0.2) is 14.4 Å². The Balaban J connectivity index is 1.49. The van der Waals surface area contributed by atoms with E-state index in [1.807, 2.05) is 44.3 Å². The number of aryl methyl sites for hydroxylation is 1. The molecule has 0 aliphatic carbocycles. The van der Waals surface area contributed by atoms with E-state index >= 15 is 0 Å². The number of hydrogen-bond acceptors (Lipinski definition) is 4. The number of nitrogens with one attached hydrogen (secondary N) is 2.